The highest BCUT2D eigenvalue weighted by Crippen LogP contribution is 2.42. The molecule has 2 unspecified atom stereocenters. The Bertz CT molecular complexity index is 876. The quantitative estimate of drug-likeness (QED) is 0.0264. The number of amides is 1. The molecule has 0 bridgehead atoms. The van der Waals surface area contributed by atoms with E-state index in [2.05, 4.69) is 55.6 Å². The number of phosphoric ester groups is 1. The number of carbonyl (C=O) groups excluding carboxylic acids is 2. The lowest BCUT2D eigenvalue weighted by atomic mass is 10.1. The van der Waals surface area contributed by atoms with Crippen LogP contribution in [0.4, 0.5) is 0 Å². The minimum Gasteiger partial charge on any atom is -0.463 e. The smallest absolute Gasteiger partial charge is 0.463 e. The molecule has 0 saturated heterocycles. The van der Waals surface area contributed by atoms with Crippen LogP contribution < -0.4 is 5.32 Å². The van der Waals surface area contributed by atoms with Gasteiger partial charge in [0.2, 0.25) is 5.91 Å². The first-order valence-electron chi connectivity index (χ1n) is 18.5. The number of phosphoric acid groups is 1. The zero-order valence-corrected chi connectivity index (χ0v) is 30.6. The van der Waals surface area contributed by atoms with Crippen molar-refractivity contribution in [2.45, 2.75) is 161 Å². The summed E-state index contributed by atoms with van der Waals surface area (Å²) < 4.78 is 26.5. The summed E-state index contributed by atoms with van der Waals surface area (Å²) >= 11 is 0. The number of allylic oxidation sites excluding steroid dienone is 6. The van der Waals surface area contributed by atoms with E-state index in [-0.39, 0.29) is 32.1 Å². The Kier molecular flexibility index (Phi) is 32.8. The molecule has 0 aromatic rings. The maximum absolute atomic E-state index is 12.0. The molecule has 9 nitrogen and oxygen atoms in total. The average molecular weight is 686 g/mol. The zero-order chi connectivity index (χ0) is 34.7. The molecular formula is C37H68NO8P. The number of hydrogen-bond donors (Lipinski definition) is 3. The van der Waals surface area contributed by atoms with Crippen LogP contribution in [-0.2, 0) is 27.9 Å². The molecule has 0 radical (unpaired) electrons. The second kappa shape index (κ2) is 34.1. The molecule has 0 fully saturated rings. The summed E-state index contributed by atoms with van der Waals surface area (Å²) in [5.74, 6) is -0.538. The Morgan fingerprint density at radius 3 is 1.77 bits per heavy atom. The van der Waals surface area contributed by atoms with Crippen molar-refractivity contribution >= 4 is 19.7 Å². The normalized spacial score (nSPS) is 13.9. The first-order chi connectivity index (χ1) is 22.8. The van der Waals surface area contributed by atoms with Crippen molar-refractivity contribution in [1.29, 1.82) is 0 Å². The fourth-order valence-corrected chi connectivity index (χ4v) is 5.49. The monoisotopic (exact) mass is 685 g/mol. The highest BCUT2D eigenvalue weighted by Gasteiger charge is 2.23. The molecule has 0 rings (SSSR count). The second-order valence-corrected chi connectivity index (χ2v) is 13.7. The van der Waals surface area contributed by atoms with Crippen molar-refractivity contribution in [3.05, 3.63) is 36.5 Å². The SMILES string of the molecule is CCCCC/C=C\C/C=C\C/C=C\CCCCCCCCCCC(=O)NCCOP(=O)(O)OCC(O)COC(=O)CCCCCCC. The number of aliphatic hydroxyl groups excluding tert-OH is 1. The number of nitrogens with one attached hydrogen (secondary N) is 1. The molecular weight excluding hydrogens is 617 g/mol. The van der Waals surface area contributed by atoms with E-state index in [0.717, 1.165) is 70.6 Å². The molecule has 0 aliphatic rings. The number of rotatable bonds is 34. The van der Waals surface area contributed by atoms with E-state index < -0.39 is 26.5 Å². The molecule has 274 valence electrons. The van der Waals surface area contributed by atoms with Crippen molar-refractivity contribution in [2.24, 2.45) is 0 Å². The lowest BCUT2D eigenvalue weighted by Gasteiger charge is -2.15. The number of ether oxygens (including phenoxy) is 1. The maximum atomic E-state index is 12.0. The summed E-state index contributed by atoms with van der Waals surface area (Å²) in [5, 5.41) is 12.5. The maximum Gasteiger partial charge on any atom is 0.472 e. The van der Waals surface area contributed by atoms with E-state index in [1.807, 2.05) is 0 Å². The molecule has 0 aromatic carbocycles. The summed E-state index contributed by atoms with van der Waals surface area (Å²) in [6.45, 7) is 3.39. The van der Waals surface area contributed by atoms with Gasteiger partial charge in [0, 0.05) is 19.4 Å². The Morgan fingerprint density at radius 1 is 0.660 bits per heavy atom. The van der Waals surface area contributed by atoms with Gasteiger partial charge in [0.1, 0.15) is 12.7 Å². The molecule has 47 heavy (non-hydrogen) atoms. The van der Waals surface area contributed by atoms with Crippen molar-refractivity contribution in [1.82, 2.24) is 5.32 Å². The van der Waals surface area contributed by atoms with E-state index in [0.29, 0.717) is 6.42 Å². The van der Waals surface area contributed by atoms with Gasteiger partial charge in [0.05, 0.1) is 13.2 Å². The van der Waals surface area contributed by atoms with E-state index in [1.54, 1.807) is 0 Å². The minimum atomic E-state index is -4.40. The van der Waals surface area contributed by atoms with Gasteiger partial charge in [-0.05, 0) is 51.4 Å². The molecule has 1 amide bonds. The largest absolute Gasteiger partial charge is 0.472 e. The Morgan fingerprint density at radius 2 is 1.15 bits per heavy atom. The van der Waals surface area contributed by atoms with Crippen LogP contribution in [0.3, 0.4) is 0 Å². The lowest BCUT2D eigenvalue weighted by Crippen LogP contribution is -2.27. The van der Waals surface area contributed by atoms with E-state index in [4.69, 9.17) is 13.8 Å². The minimum absolute atomic E-state index is 0.0773. The van der Waals surface area contributed by atoms with Crippen LogP contribution in [0.1, 0.15) is 155 Å². The summed E-state index contributed by atoms with van der Waals surface area (Å²) in [6.07, 6.45) is 35.5. The molecule has 0 aliphatic carbocycles. The number of hydrogen-bond acceptors (Lipinski definition) is 7. The Labute approximate surface area is 286 Å². The first-order valence-corrected chi connectivity index (χ1v) is 20.0. The predicted octanol–water partition coefficient (Wildman–Crippen LogP) is 9.43. The van der Waals surface area contributed by atoms with Crippen LogP contribution >= 0.6 is 7.82 Å². The van der Waals surface area contributed by atoms with E-state index in [1.165, 1.54) is 57.8 Å². The van der Waals surface area contributed by atoms with Gasteiger partial charge in [-0.2, -0.15) is 0 Å². The Hall–Kier alpha value is -1.77. The van der Waals surface area contributed by atoms with Gasteiger partial charge in [-0.1, -0.05) is 127 Å². The fourth-order valence-electron chi connectivity index (χ4n) is 4.74. The highest BCUT2D eigenvalue weighted by atomic mass is 31.2. The molecule has 0 aliphatic heterocycles. The second-order valence-electron chi connectivity index (χ2n) is 12.2. The van der Waals surface area contributed by atoms with Crippen molar-refractivity contribution in [3.63, 3.8) is 0 Å². The number of carbonyl (C=O) groups is 2. The van der Waals surface area contributed by atoms with Gasteiger partial charge in [-0.15, -0.1) is 0 Å². The van der Waals surface area contributed by atoms with Crippen molar-refractivity contribution in [2.75, 3.05) is 26.4 Å². The van der Waals surface area contributed by atoms with Gasteiger partial charge in [-0.3, -0.25) is 18.6 Å². The van der Waals surface area contributed by atoms with Crippen LogP contribution in [-0.4, -0.2) is 54.3 Å². The third kappa shape index (κ3) is 35.4. The molecule has 0 heterocycles. The predicted molar refractivity (Wildman–Crippen MR) is 192 cm³/mol. The van der Waals surface area contributed by atoms with Gasteiger partial charge in [-0.25, -0.2) is 4.57 Å². The van der Waals surface area contributed by atoms with Crippen LogP contribution in [0.5, 0.6) is 0 Å². The third-order valence-corrected chi connectivity index (χ3v) is 8.56. The molecule has 0 spiro atoms. The van der Waals surface area contributed by atoms with Gasteiger partial charge in [0.25, 0.3) is 0 Å². The molecule has 0 aromatic heterocycles. The first kappa shape index (κ1) is 45.2. The van der Waals surface area contributed by atoms with Crippen LogP contribution in [0.15, 0.2) is 36.5 Å². The van der Waals surface area contributed by atoms with Gasteiger partial charge in [0.15, 0.2) is 0 Å². The molecule has 2 atom stereocenters. The highest BCUT2D eigenvalue weighted by molar-refractivity contribution is 7.47. The summed E-state index contributed by atoms with van der Waals surface area (Å²) in [7, 11) is -4.40. The number of aliphatic hydroxyl groups is 1. The standard InChI is InChI=1S/C37H68NO8P/c1-3-5-7-9-10-11-12-13-14-15-16-17-18-19-20-21-22-23-24-26-27-29-36(40)38-31-32-45-47(42,43)46-34-35(39)33-44-37(41)30-28-25-8-6-4-2/h10-11,13-14,16-17,35,39H,3-9,12,15,18-34H2,1-2H3,(H,38,40)(H,42,43)/b11-10-,14-13-,17-16-. The average Bonchev–Trinajstić information content (AvgIpc) is 3.05. The van der Waals surface area contributed by atoms with Crippen LogP contribution in [0.25, 0.3) is 0 Å². The summed E-state index contributed by atoms with van der Waals surface area (Å²) in [4.78, 5) is 33.5. The van der Waals surface area contributed by atoms with E-state index in [9.17, 15) is 24.2 Å². The topological polar surface area (TPSA) is 131 Å². The van der Waals surface area contributed by atoms with E-state index >= 15 is 0 Å². The van der Waals surface area contributed by atoms with Crippen LogP contribution in [0, 0.1) is 0 Å². The molecule has 0 saturated carbocycles. The van der Waals surface area contributed by atoms with Crippen molar-refractivity contribution < 1.29 is 37.9 Å². The molecule has 3 N–H and O–H groups in total. The Balaban J connectivity index is 3.59. The van der Waals surface area contributed by atoms with Gasteiger partial charge < -0.3 is 20.1 Å². The summed E-state index contributed by atoms with van der Waals surface area (Å²) in [6, 6.07) is 0. The van der Waals surface area contributed by atoms with Crippen molar-refractivity contribution in [3.8, 4) is 0 Å². The number of unbranched alkanes of at least 4 members (excludes halogenated alkanes) is 15. The van der Waals surface area contributed by atoms with Gasteiger partial charge >= 0.3 is 13.8 Å². The fraction of sp³-hybridized carbons (Fsp3) is 0.784. The zero-order valence-electron chi connectivity index (χ0n) is 29.7. The lowest BCUT2D eigenvalue weighted by molar-refractivity contribution is -0.147. The van der Waals surface area contributed by atoms with Crippen LogP contribution in [0.2, 0.25) is 0 Å². The number of esters is 1. The summed E-state index contributed by atoms with van der Waals surface area (Å²) in [5.41, 5.74) is 0. The third-order valence-electron chi connectivity index (χ3n) is 7.57. The molecule has 10 heteroatoms.